The van der Waals surface area contributed by atoms with Crippen molar-refractivity contribution in [2.45, 2.75) is 86.0 Å². The highest BCUT2D eigenvalue weighted by atomic mass is 35.5. The van der Waals surface area contributed by atoms with Gasteiger partial charge in [0.25, 0.3) is 5.91 Å². The molecule has 0 fully saturated rings. The zero-order valence-corrected chi connectivity index (χ0v) is 24.1. The van der Waals surface area contributed by atoms with Gasteiger partial charge in [-0.05, 0) is 71.6 Å². The minimum absolute atomic E-state index is 0.256. The predicted octanol–water partition coefficient (Wildman–Crippen LogP) is 6.42. The van der Waals surface area contributed by atoms with Gasteiger partial charge in [0, 0.05) is 6.04 Å². The Bertz CT molecular complexity index is 1100. The lowest BCUT2D eigenvalue weighted by molar-refractivity contribution is -0.143. The van der Waals surface area contributed by atoms with Gasteiger partial charge in [0.15, 0.2) is 0 Å². The number of nitrogens with zero attached hydrogens (tertiary/aromatic N) is 1. The molecule has 0 saturated carbocycles. The van der Waals surface area contributed by atoms with Crippen molar-refractivity contribution in [2.24, 2.45) is 5.92 Å². The van der Waals surface area contributed by atoms with Gasteiger partial charge in [-0.25, -0.2) is 4.79 Å². The Labute approximate surface area is 225 Å². The molecular formula is C29H40ClN3O4. The maximum Gasteiger partial charge on any atom is 0.408 e. The second-order valence-corrected chi connectivity index (χ2v) is 11.4. The van der Waals surface area contributed by atoms with Crippen LogP contribution in [0, 0.1) is 19.8 Å². The fourth-order valence-corrected chi connectivity index (χ4v) is 4.32. The van der Waals surface area contributed by atoms with Crippen molar-refractivity contribution in [1.82, 2.24) is 10.2 Å². The number of aryl methyl sites for hydroxylation is 2. The van der Waals surface area contributed by atoms with Crippen LogP contribution in [0.4, 0.5) is 10.5 Å². The largest absolute Gasteiger partial charge is 0.444 e. The molecule has 2 rings (SSSR count). The van der Waals surface area contributed by atoms with Gasteiger partial charge in [-0.1, -0.05) is 67.4 Å². The van der Waals surface area contributed by atoms with Gasteiger partial charge in [-0.2, -0.15) is 0 Å². The lowest BCUT2D eigenvalue weighted by Crippen LogP contribution is -2.56. The SMILES string of the molecule is Cc1cccc(C(C(=O)Nc2c(C)cccc2Cl)N(C(=O)C(NC(=O)OC(C)(C)C)C(C)C)C(C)C)c1. The number of anilines is 1. The van der Waals surface area contributed by atoms with E-state index in [0.29, 0.717) is 16.3 Å². The van der Waals surface area contributed by atoms with Crippen molar-refractivity contribution in [3.05, 3.63) is 64.2 Å². The van der Waals surface area contributed by atoms with Crippen molar-refractivity contribution in [2.75, 3.05) is 5.32 Å². The third-order valence-electron chi connectivity index (χ3n) is 5.77. The minimum atomic E-state index is -0.968. The summed E-state index contributed by atoms with van der Waals surface area (Å²) in [6.45, 7) is 16.4. The molecule has 2 N–H and O–H groups in total. The summed E-state index contributed by atoms with van der Waals surface area (Å²) >= 11 is 6.40. The Morgan fingerprint density at radius 3 is 2.11 bits per heavy atom. The van der Waals surface area contributed by atoms with Crippen molar-refractivity contribution in [3.63, 3.8) is 0 Å². The lowest BCUT2D eigenvalue weighted by Gasteiger charge is -2.38. The van der Waals surface area contributed by atoms with Crippen LogP contribution >= 0.6 is 11.6 Å². The Hall–Kier alpha value is -3.06. The molecule has 0 aliphatic carbocycles. The van der Waals surface area contributed by atoms with Crippen LogP contribution in [0.1, 0.15) is 71.2 Å². The third-order valence-corrected chi connectivity index (χ3v) is 6.09. The average molecular weight is 530 g/mol. The molecule has 0 heterocycles. The summed E-state index contributed by atoms with van der Waals surface area (Å²) in [5.41, 5.74) is 2.19. The number of alkyl carbamates (subject to hydrolysis) is 1. The highest BCUT2D eigenvalue weighted by molar-refractivity contribution is 6.34. The Balaban J connectivity index is 2.55. The zero-order valence-electron chi connectivity index (χ0n) is 23.3. The van der Waals surface area contributed by atoms with Crippen LogP contribution in [0.25, 0.3) is 0 Å². The maximum absolute atomic E-state index is 14.1. The topological polar surface area (TPSA) is 87.7 Å². The fraction of sp³-hybridized carbons (Fsp3) is 0.483. The number of para-hydroxylation sites is 1. The van der Waals surface area contributed by atoms with E-state index < -0.39 is 29.7 Å². The summed E-state index contributed by atoms with van der Waals surface area (Å²) in [5, 5.41) is 6.09. The molecule has 0 radical (unpaired) electrons. The quantitative estimate of drug-likeness (QED) is 0.413. The van der Waals surface area contributed by atoms with Gasteiger partial charge in [0.2, 0.25) is 5.91 Å². The van der Waals surface area contributed by atoms with Crippen molar-refractivity contribution in [1.29, 1.82) is 0 Å². The molecule has 0 aliphatic rings. The number of hydrogen-bond donors (Lipinski definition) is 2. The first-order valence-electron chi connectivity index (χ1n) is 12.6. The first-order valence-corrected chi connectivity index (χ1v) is 12.9. The molecular weight excluding hydrogens is 490 g/mol. The van der Waals surface area contributed by atoms with Crippen LogP contribution < -0.4 is 10.6 Å². The number of benzene rings is 2. The van der Waals surface area contributed by atoms with E-state index in [4.69, 9.17) is 16.3 Å². The molecule has 202 valence electrons. The molecule has 37 heavy (non-hydrogen) atoms. The molecule has 0 spiro atoms. The minimum Gasteiger partial charge on any atom is -0.444 e. The Morgan fingerprint density at radius 1 is 0.973 bits per heavy atom. The zero-order chi connectivity index (χ0) is 28.1. The van der Waals surface area contributed by atoms with Gasteiger partial charge in [-0.3, -0.25) is 9.59 Å². The van der Waals surface area contributed by atoms with E-state index in [1.807, 2.05) is 77.9 Å². The second-order valence-electron chi connectivity index (χ2n) is 10.9. The monoisotopic (exact) mass is 529 g/mol. The van der Waals surface area contributed by atoms with Crippen LogP contribution in [0.3, 0.4) is 0 Å². The normalized spacial score (nSPS) is 13.2. The van der Waals surface area contributed by atoms with Gasteiger partial charge in [0.05, 0.1) is 10.7 Å². The van der Waals surface area contributed by atoms with Crippen molar-refractivity contribution in [3.8, 4) is 0 Å². The Kier molecular flexibility index (Phi) is 10.2. The molecule has 7 nitrogen and oxygen atoms in total. The molecule has 2 aromatic carbocycles. The fourth-order valence-electron chi connectivity index (χ4n) is 4.05. The molecule has 8 heteroatoms. The van der Waals surface area contributed by atoms with Gasteiger partial charge in [-0.15, -0.1) is 0 Å². The van der Waals surface area contributed by atoms with Gasteiger partial charge in [0.1, 0.15) is 17.7 Å². The smallest absolute Gasteiger partial charge is 0.408 e. The van der Waals surface area contributed by atoms with Gasteiger partial charge < -0.3 is 20.3 Å². The number of ether oxygens (including phenoxy) is 1. The van der Waals surface area contributed by atoms with Crippen LogP contribution in [0.5, 0.6) is 0 Å². The van der Waals surface area contributed by atoms with E-state index in [2.05, 4.69) is 10.6 Å². The number of amides is 3. The van der Waals surface area contributed by atoms with E-state index >= 15 is 0 Å². The van der Waals surface area contributed by atoms with Crippen LogP contribution in [0.15, 0.2) is 42.5 Å². The summed E-state index contributed by atoms with van der Waals surface area (Å²) in [7, 11) is 0. The summed E-state index contributed by atoms with van der Waals surface area (Å²) in [5.74, 6) is -1.04. The number of nitrogens with one attached hydrogen (secondary N) is 2. The van der Waals surface area contributed by atoms with E-state index in [1.165, 1.54) is 4.90 Å². The lowest BCUT2D eigenvalue weighted by atomic mass is 9.96. The number of carbonyl (C=O) groups is 3. The van der Waals surface area contributed by atoms with Crippen molar-refractivity contribution >= 4 is 35.2 Å². The molecule has 0 saturated heterocycles. The van der Waals surface area contributed by atoms with Gasteiger partial charge >= 0.3 is 6.09 Å². The maximum atomic E-state index is 14.1. The highest BCUT2D eigenvalue weighted by Crippen LogP contribution is 2.31. The summed E-state index contributed by atoms with van der Waals surface area (Å²) < 4.78 is 5.41. The first kappa shape index (κ1) is 30.2. The molecule has 0 aliphatic heterocycles. The molecule has 3 amide bonds. The molecule has 2 unspecified atom stereocenters. The first-order chi connectivity index (χ1) is 17.1. The van der Waals surface area contributed by atoms with E-state index in [0.717, 1.165) is 11.1 Å². The molecule has 0 aromatic heterocycles. The Morgan fingerprint density at radius 2 is 1.59 bits per heavy atom. The number of carbonyl (C=O) groups excluding carboxylic acids is 3. The molecule has 2 atom stereocenters. The summed E-state index contributed by atoms with van der Waals surface area (Å²) in [4.78, 5) is 42.1. The van der Waals surface area contributed by atoms with E-state index in [1.54, 1.807) is 26.8 Å². The number of rotatable bonds is 8. The molecule has 2 aromatic rings. The van der Waals surface area contributed by atoms with E-state index in [9.17, 15) is 14.4 Å². The summed E-state index contributed by atoms with van der Waals surface area (Å²) in [6.07, 6.45) is -0.688. The predicted molar refractivity (Wildman–Crippen MR) is 149 cm³/mol. The average Bonchev–Trinajstić information content (AvgIpc) is 2.76. The number of halogens is 1. The van der Waals surface area contributed by atoms with Crippen LogP contribution in [-0.2, 0) is 14.3 Å². The van der Waals surface area contributed by atoms with Crippen LogP contribution in [-0.4, -0.2) is 40.5 Å². The number of hydrogen-bond acceptors (Lipinski definition) is 4. The van der Waals surface area contributed by atoms with Crippen molar-refractivity contribution < 1.29 is 19.1 Å². The van der Waals surface area contributed by atoms with E-state index in [-0.39, 0.29) is 17.9 Å². The van der Waals surface area contributed by atoms with Crippen LogP contribution in [0.2, 0.25) is 5.02 Å². The highest BCUT2D eigenvalue weighted by Gasteiger charge is 2.39. The summed E-state index contributed by atoms with van der Waals surface area (Å²) in [6, 6.07) is 10.6. The third kappa shape index (κ3) is 8.22. The second kappa shape index (κ2) is 12.5. The molecule has 0 bridgehead atoms. The standard InChI is InChI=1S/C29H40ClN3O4/c1-17(2)23(32-28(36)37-29(7,8)9)27(35)33(18(3)4)25(21-14-10-12-19(5)16-21)26(34)31-24-20(6)13-11-15-22(24)30/h10-18,23,25H,1-9H3,(H,31,34)(H,32,36).